The molecule has 2 saturated heterocycles. The van der Waals surface area contributed by atoms with Crippen LogP contribution in [0.4, 0.5) is 10.5 Å². The minimum Gasteiger partial charge on any atom is -0.497 e. The average molecular weight is 393 g/mol. The fraction of sp³-hybridized carbons (Fsp3) is 0.500. The zero-order valence-electron chi connectivity index (χ0n) is 15.6. The fourth-order valence-electron chi connectivity index (χ4n) is 3.49. The van der Waals surface area contributed by atoms with Gasteiger partial charge < -0.3 is 19.7 Å². The van der Waals surface area contributed by atoms with Crippen LogP contribution < -0.4 is 19.7 Å². The van der Waals surface area contributed by atoms with Crippen molar-refractivity contribution in [3.8, 4) is 11.5 Å². The summed E-state index contributed by atoms with van der Waals surface area (Å²) in [6.07, 6.45) is 2.91. The highest BCUT2D eigenvalue weighted by atomic mass is 32.2. The van der Waals surface area contributed by atoms with Crippen LogP contribution in [0.15, 0.2) is 18.2 Å². The fourth-order valence-corrected chi connectivity index (χ4v) is 3.84. The Labute approximate surface area is 162 Å². The second-order valence-corrected chi connectivity index (χ2v) is 7.32. The average Bonchev–Trinajstić information content (AvgIpc) is 2.91. The number of nitrogens with zero attached hydrogens (tertiary/aromatic N) is 2. The molecule has 2 aliphatic heterocycles. The summed E-state index contributed by atoms with van der Waals surface area (Å²) in [7, 11) is 3.02. The molecule has 2 aliphatic rings. The minimum absolute atomic E-state index is 0.0490. The summed E-state index contributed by atoms with van der Waals surface area (Å²) in [6.45, 7) is 0.428. The first kappa shape index (κ1) is 19.3. The molecular formula is C18H23N3O5S. The van der Waals surface area contributed by atoms with Crippen molar-refractivity contribution in [1.82, 2.24) is 10.2 Å². The van der Waals surface area contributed by atoms with Gasteiger partial charge in [-0.05, 0) is 19.1 Å². The number of methoxy groups -OCH3 is 2. The molecule has 9 heteroatoms. The number of ether oxygens (including phenoxy) is 2. The molecule has 8 nitrogen and oxygen atoms in total. The first-order valence-corrected chi connectivity index (χ1v) is 10.0. The van der Waals surface area contributed by atoms with E-state index in [0.717, 1.165) is 0 Å². The second-order valence-electron chi connectivity index (χ2n) is 6.46. The van der Waals surface area contributed by atoms with E-state index in [1.165, 1.54) is 30.9 Å². The molecule has 0 radical (unpaired) electrons. The Balaban J connectivity index is 1.80. The summed E-state index contributed by atoms with van der Waals surface area (Å²) in [6, 6.07) is 3.92. The molecular weight excluding hydrogens is 370 g/mol. The van der Waals surface area contributed by atoms with Gasteiger partial charge in [-0.1, -0.05) is 0 Å². The molecule has 0 spiro atoms. The third kappa shape index (κ3) is 3.83. The molecule has 0 bridgehead atoms. The number of nitrogens with one attached hydrogen (secondary N) is 1. The van der Waals surface area contributed by atoms with Gasteiger partial charge in [-0.2, -0.15) is 11.8 Å². The lowest BCUT2D eigenvalue weighted by Crippen LogP contribution is -2.50. The number of imide groups is 1. The number of carbonyl (C=O) groups is 3. The Hall–Kier alpha value is -2.42. The van der Waals surface area contributed by atoms with Gasteiger partial charge in [0.2, 0.25) is 5.91 Å². The molecule has 146 valence electrons. The predicted octanol–water partition coefficient (Wildman–Crippen LogP) is 1.48. The molecule has 4 amide bonds. The third-order valence-electron chi connectivity index (χ3n) is 4.78. The molecule has 0 saturated carbocycles. The molecule has 0 unspecified atom stereocenters. The Morgan fingerprint density at radius 2 is 1.89 bits per heavy atom. The quantitative estimate of drug-likeness (QED) is 0.737. The van der Waals surface area contributed by atoms with E-state index in [9.17, 15) is 14.4 Å². The number of benzene rings is 1. The number of fused-ring (bicyclic) bond motifs is 1. The van der Waals surface area contributed by atoms with Gasteiger partial charge in [-0.15, -0.1) is 0 Å². The van der Waals surface area contributed by atoms with Crippen LogP contribution in [0.3, 0.4) is 0 Å². The Bertz CT molecular complexity index is 734. The lowest BCUT2D eigenvalue weighted by Gasteiger charge is -2.32. The summed E-state index contributed by atoms with van der Waals surface area (Å²) < 4.78 is 10.5. The van der Waals surface area contributed by atoms with E-state index in [0.29, 0.717) is 42.3 Å². The molecule has 1 aromatic rings. The van der Waals surface area contributed by atoms with E-state index in [1.807, 2.05) is 6.26 Å². The van der Waals surface area contributed by atoms with E-state index in [4.69, 9.17) is 9.47 Å². The van der Waals surface area contributed by atoms with Crippen molar-refractivity contribution in [2.45, 2.75) is 24.9 Å². The van der Waals surface area contributed by atoms with Gasteiger partial charge in [-0.25, -0.2) is 9.69 Å². The van der Waals surface area contributed by atoms with E-state index >= 15 is 0 Å². The highest BCUT2D eigenvalue weighted by Gasteiger charge is 2.48. The molecule has 2 heterocycles. The highest BCUT2D eigenvalue weighted by molar-refractivity contribution is 7.99. The number of anilines is 1. The number of amides is 4. The number of rotatable bonds is 6. The van der Waals surface area contributed by atoms with Crippen LogP contribution in [0.25, 0.3) is 0 Å². The number of carbonyl (C=O) groups excluding carboxylic acids is 3. The van der Waals surface area contributed by atoms with E-state index in [1.54, 1.807) is 23.1 Å². The van der Waals surface area contributed by atoms with Gasteiger partial charge in [-0.3, -0.25) is 9.59 Å². The van der Waals surface area contributed by atoms with Crippen molar-refractivity contribution in [2.75, 3.05) is 37.7 Å². The maximum Gasteiger partial charge on any atom is 0.332 e. The summed E-state index contributed by atoms with van der Waals surface area (Å²) >= 11 is 1.45. The van der Waals surface area contributed by atoms with Crippen molar-refractivity contribution in [3.05, 3.63) is 18.2 Å². The first-order chi connectivity index (χ1) is 13.0. The van der Waals surface area contributed by atoms with E-state index in [2.05, 4.69) is 5.32 Å². The largest absolute Gasteiger partial charge is 0.497 e. The number of piperidine rings is 1. The molecule has 0 aromatic heterocycles. The first-order valence-electron chi connectivity index (χ1n) is 8.64. The molecule has 27 heavy (non-hydrogen) atoms. The molecule has 2 atom stereocenters. The number of urea groups is 1. The summed E-state index contributed by atoms with van der Waals surface area (Å²) in [5.74, 6) is 1.04. The van der Waals surface area contributed by atoms with Gasteiger partial charge in [0.05, 0.1) is 25.7 Å². The predicted molar refractivity (Wildman–Crippen MR) is 102 cm³/mol. The van der Waals surface area contributed by atoms with Crippen molar-refractivity contribution in [1.29, 1.82) is 0 Å². The van der Waals surface area contributed by atoms with E-state index < -0.39 is 6.04 Å². The van der Waals surface area contributed by atoms with Crippen LogP contribution in [0, 0.1) is 0 Å². The minimum atomic E-state index is -0.567. The topological polar surface area (TPSA) is 88.2 Å². The summed E-state index contributed by atoms with van der Waals surface area (Å²) in [4.78, 5) is 40.4. The number of hydrogen-bond acceptors (Lipinski definition) is 6. The van der Waals surface area contributed by atoms with Crippen LogP contribution in [-0.4, -0.2) is 67.6 Å². The lowest BCUT2D eigenvalue weighted by atomic mass is 9.98. The summed E-state index contributed by atoms with van der Waals surface area (Å²) in [5.41, 5.74) is 0.415. The molecule has 1 aromatic carbocycles. The van der Waals surface area contributed by atoms with Crippen molar-refractivity contribution in [2.24, 2.45) is 0 Å². The van der Waals surface area contributed by atoms with Crippen LogP contribution in [0.1, 0.15) is 12.8 Å². The Morgan fingerprint density at radius 3 is 2.48 bits per heavy atom. The Morgan fingerprint density at radius 1 is 1.22 bits per heavy atom. The molecule has 3 rings (SSSR count). The van der Waals surface area contributed by atoms with Gasteiger partial charge in [0.15, 0.2) is 0 Å². The second kappa shape index (κ2) is 8.08. The van der Waals surface area contributed by atoms with Crippen LogP contribution in [0.2, 0.25) is 0 Å². The zero-order chi connectivity index (χ0) is 19.6. The molecule has 0 aliphatic carbocycles. The monoisotopic (exact) mass is 393 g/mol. The van der Waals surface area contributed by atoms with Gasteiger partial charge >= 0.3 is 6.03 Å². The Kier molecular flexibility index (Phi) is 5.79. The molecule has 2 fully saturated rings. The van der Waals surface area contributed by atoms with E-state index in [-0.39, 0.29) is 23.9 Å². The van der Waals surface area contributed by atoms with Crippen LogP contribution >= 0.6 is 11.8 Å². The lowest BCUT2D eigenvalue weighted by molar-refractivity contribution is -0.123. The van der Waals surface area contributed by atoms with Gasteiger partial charge in [0.1, 0.15) is 17.5 Å². The molecule has 1 N–H and O–H groups in total. The zero-order valence-corrected chi connectivity index (χ0v) is 16.4. The number of thioether (sulfide) groups is 1. The van der Waals surface area contributed by atoms with Gasteiger partial charge in [0.25, 0.3) is 5.91 Å². The van der Waals surface area contributed by atoms with Crippen molar-refractivity contribution in [3.63, 3.8) is 0 Å². The highest BCUT2D eigenvalue weighted by Crippen LogP contribution is 2.35. The maximum absolute atomic E-state index is 13.0. The summed E-state index contributed by atoms with van der Waals surface area (Å²) in [5, 5.41) is 2.95. The normalized spacial score (nSPS) is 21.9. The third-order valence-corrected chi connectivity index (χ3v) is 5.33. The van der Waals surface area contributed by atoms with Crippen molar-refractivity contribution < 1.29 is 23.9 Å². The SMILES string of the molecule is COc1cc(OC)cc(N2C(=O)[C@H]3C[C@@H](NC(=O)CSC)CCN3C2=O)c1. The smallest absolute Gasteiger partial charge is 0.332 e. The standard InChI is InChI=1S/C18H23N3O5S/c1-25-13-7-12(8-14(9-13)26-2)21-17(23)15-6-11(19-16(22)10-27-3)4-5-20(15)18(21)24/h7-9,11,15H,4-6,10H2,1-3H3,(H,19,22)/t11-,15+/m0/s1. The van der Waals surface area contributed by atoms with Crippen LogP contribution in [0.5, 0.6) is 11.5 Å². The van der Waals surface area contributed by atoms with Crippen LogP contribution in [-0.2, 0) is 9.59 Å². The van der Waals surface area contributed by atoms with Gasteiger partial charge in [0, 0.05) is 30.8 Å². The number of hydrogen-bond donors (Lipinski definition) is 1. The van der Waals surface area contributed by atoms with Crippen molar-refractivity contribution >= 4 is 35.3 Å². The maximum atomic E-state index is 13.0.